The minimum Gasteiger partial charge on any atom is -0.363 e. The van der Waals surface area contributed by atoms with Gasteiger partial charge in [0.1, 0.15) is 0 Å². The smallest absolute Gasteiger partial charge is 0.363 e. The van der Waals surface area contributed by atoms with Crippen molar-refractivity contribution in [3.63, 3.8) is 0 Å². The molecule has 0 radical (unpaired) electrons. The van der Waals surface area contributed by atoms with Crippen molar-refractivity contribution in [2.45, 2.75) is 25.1 Å². The number of H-pyrrole nitrogens is 1. The zero-order valence-corrected chi connectivity index (χ0v) is 7.43. The summed E-state index contributed by atoms with van der Waals surface area (Å²) < 4.78 is 36.7. The second-order valence-electron chi connectivity index (χ2n) is 3.70. The molecule has 1 aromatic heterocycles. The zero-order chi connectivity index (χ0) is 10.3. The van der Waals surface area contributed by atoms with Crippen LogP contribution in [-0.4, -0.2) is 4.98 Å². The zero-order valence-electron chi connectivity index (χ0n) is 7.43. The molecule has 1 aromatic rings. The van der Waals surface area contributed by atoms with E-state index in [1.165, 1.54) is 0 Å². The third-order valence-electron chi connectivity index (χ3n) is 2.52. The summed E-state index contributed by atoms with van der Waals surface area (Å²) in [4.78, 5) is 2.59. The molecule has 1 aliphatic rings. The minimum atomic E-state index is -4.28. The van der Waals surface area contributed by atoms with Crippen LogP contribution >= 0.6 is 0 Å². The molecule has 0 amide bonds. The lowest BCUT2D eigenvalue weighted by molar-refractivity contribution is -0.137. The van der Waals surface area contributed by atoms with Crippen LogP contribution in [-0.2, 0) is 6.18 Å². The highest BCUT2D eigenvalue weighted by Crippen LogP contribution is 2.40. The summed E-state index contributed by atoms with van der Waals surface area (Å²) in [6.45, 7) is 0. The van der Waals surface area contributed by atoms with Crippen LogP contribution in [0.4, 0.5) is 13.2 Å². The number of alkyl halides is 3. The molecule has 3 N–H and O–H groups in total. The van der Waals surface area contributed by atoms with E-state index in [0.29, 0.717) is 11.6 Å². The number of aromatic nitrogens is 1. The first-order chi connectivity index (χ1) is 6.48. The van der Waals surface area contributed by atoms with Gasteiger partial charge < -0.3 is 10.7 Å². The number of nitrogens with two attached hydrogens (primary N) is 1. The van der Waals surface area contributed by atoms with E-state index in [1.54, 1.807) is 0 Å². The van der Waals surface area contributed by atoms with Gasteiger partial charge in [0.2, 0.25) is 0 Å². The monoisotopic (exact) mass is 204 g/mol. The summed E-state index contributed by atoms with van der Waals surface area (Å²) >= 11 is 0. The minimum absolute atomic E-state index is 0.272. The lowest BCUT2D eigenvalue weighted by Crippen LogP contribution is -2.12. The molecular weight excluding hydrogens is 193 g/mol. The Bertz CT molecular complexity index is 325. The van der Waals surface area contributed by atoms with E-state index < -0.39 is 11.7 Å². The Labute approximate surface area is 79.3 Å². The van der Waals surface area contributed by atoms with Crippen LogP contribution < -0.4 is 5.73 Å². The van der Waals surface area contributed by atoms with Gasteiger partial charge in [-0.3, -0.25) is 0 Å². The molecule has 2 nitrogen and oxygen atoms in total. The SMILES string of the molecule is N[C@@H](c1cc(C(F)(F)F)c[nH]1)C1CC1. The van der Waals surface area contributed by atoms with Crippen molar-refractivity contribution in [1.82, 2.24) is 4.98 Å². The predicted octanol–water partition coefficient (Wildman–Crippen LogP) is 2.44. The first-order valence-electron chi connectivity index (χ1n) is 4.49. The predicted molar refractivity (Wildman–Crippen MR) is 45.4 cm³/mol. The topological polar surface area (TPSA) is 41.8 Å². The molecule has 5 heteroatoms. The molecular formula is C9H11F3N2. The van der Waals surface area contributed by atoms with Crippen molar-refractivity contribution >= 4 is 0 Å². The lowest BCUT2D eigenvalue weighted by atomic mass is 10.1. The molecule has 0 bridgehead atoms. The van der Waals surface area contributed by atoms with Gasteiger partial charge >= 0.3 is 6.18 Å². The largest absolute Gasteiger partial charge is 0.417 e. The van der Waals surface area contributed by atoms with Crippen LogP contribution in [0.3, 0.4) is 0 Å². The van der Waals surface area contributed by atoms with Crippen molar-refractivity contribution in [2.75, 3.05) is 0 Å². The fourth-order valence-electron chi connectivity index (χ4n) is 1.48. The van der Waals surface area contributed by atoms with E-state index in [9.17, 15) is 13.2 Å². The highest BCUT2D eigenvalue weighted by atomic mass is 19.4. The quantitative estimate of drug-likeness (QED) is 0.763. The maximum Gasteiger partial charge on any atom is 0.417 e. The van der Waals surface area contributed by atoms with Gasteiger partial charge in [0.15, 0.2) is 0 Å². The summed E-state index contributed by atoms with van der Waals surface area (Å²) in [5.41, 5.74) is 5.59. The second kappa shape index (κ2) is 3.02. The Morgan fingerprint density at radius 2 is 2.07 bits per heavy atom. The Hall–Kier alpha value is -0.970. The highest BCUT2D eigenvalue weighted by Gasteiger charge is 2.35. The third kappa shape index (κ3) is 1.77. The fraction of sp³-hybridized carbons (Fsp3) is 0.556. The van der Waals surface area contributed by atoms with E-state index in [-0.39, 0.29) is 6.04 Å². The van der Waals surface area contributed by atoms with Gasteiger partial charge in [-0.2, -0.15) is 13.2 Å². The lowest BCUT2D eigenvalue weighted by Gasteiger charge is -2.06. The molecule has 1 fully saturated rings. The van der Waals surface area contributed by atoms with E-state index in [2.05, 4.69) is 4.98 Å². The van der Waals surface area contributed by atoms with Crippen LogP contribution in [0.25, 0.3) is 0 Å². The molecule has 78 valence electrons. The maximum absolute atomic E-state index is 12.2. The molecule has 1 aliphatic carbocycles. The summed E-state index contributed by atoms with van der Waals surface area (Å²) in [5.74, 6) is 0.356. The Balaban J connectivity index is 2.16. The van der Waals surface area contributed by atoms with Crippen molar-refractivity contribution in [2.24, 2.45) is 11.7 Å². The van der Waals surface area contributed by atoms with Crippen LogP contribution in [0.2, 0.25) is 0 Å². The Morgan fingerprint density at radius 1 is 1.43 bits per heavy atom. The first kappa shape index (κ1) is 9.58. The summed E-state index contributed by atoms with van der Waals surface area (Å²) in [6.07, 6.45) is -1.28. The van der Waals surface area contributed by atoms with Crippen LogP contribution in [0, 0.1) is 5.92 Å². The number of hydrogen-bond donors (Lipinski definition) is 2. The van der Waals surface area contributed by atoms with Gasteiger partial charge in [0, 0.05) is 17.9 Å². The van der Waals surface area contributed by atoms with Gasteiger partial charge in [0.05, 0.1) is 5.56 Å². The van der Waals surface area contributed by atoms with Gasteiger partial charge in [-0.25, -0.2) is 0 Å². The third-order valence-corrected chi connectivity index (χ3v) is 2.52. The van der Waals surface area contributed by atoms with Crippen molar-refractivity contribution in [3.8, 4) is 0 Å². The average Bonchev–Trinajstić information content (AvgIpc) is 2.79. The number of aromatic amines is 1. The van der Waals surface area contributed by atoms with E-state index >= 15 is 0 Å². The molecule has 14 heavy (non-hydrogen) atoms. The number of nitrogens with one attached hydrogen (secondary N) is 1. The average molecular weight is 204 g/mol. The molecule has 1 atom stereocenters. The maximum atomic E-state index is 12.2. The van der Waals surface area contributed by atoms with Gasteiger partial charge in [0.25, 0.3) is 0 Å². The molecule has 0 saturated heterocycles. The fourth-order valence-corrected chi connectivity index (χ4v) is 1.48. The summed E-state index contributed by atoms with van der Waals surface area (Å²) in [7, 11) is 0. The second-order valence-corrected chi connectivity index (χ2v) is 3.70. The van der Waals surface area contributed by atoms with Gasteiger partial charge in [-0.1, -0.05) is 0 Å². The summed E-state index contributed by atoms with van der Waals surface area (Å²) in [5, 5.41) is 0. The summed E-state index contributed by atoms with van der Waals surface area (Å²) in [6, 6.07) is 0.828. The standard InChI is InChI=1S/C9H11F3N2/c10-9(11,12)6-3-7(14-4-6)8(13)5-1-2-5/h3-5,8,14H,1-2,13H2/t8-/m1/s1. The molecule has 1 saturated carbocycles. The molecule has 1 heterocycles. The Morgan fingerprint density at radius 3 is 2.50 bits per heavy atom. The van der Waals surface area contributed by atoms with Crippen molar-refractivity contribution in [1.29, 1.82) is 0 Å². The number of hydrogen-bond acceptors (Lipinski definition) is 1. The van der Waals surface area contributed by atoms with Gasteiger partial charge in [-0.05, 0) is 24.8 Å². The van der Waals surface area contributed by atoms with E-state index in [0.717, 1.165) is 25.1 Å². The highest BCUT2D eigenvalue weighted by molar-refractivity contribution is 5.23. The van der Waals surface area contributed by atoms with Crippen LogP contribution in [0.5, 0.6) is 0 Å². The van der Waals surface area contributed by atoms with Gasteiger partial charge in [-0.15, -0.1) is 0 Å². The molecule has 0 aliphatic heterocycles. The van der Waals surface area contributed by atoms with Crippen LogP contribution in [0.1, 0.15) is 30.1 Å². The molecule has 0 spiro atoms. The van der Waals surface area contributed by atoms with E-state index in [4.69, 9.17) is 5.73 Å². The number of halogens is 3. The van der Waals surface area contributed by atoms with Crippen LogP contribution in [0.15, 0.2) is 12.3 Å². The Kier molecular flexibility index (Phi) is 2.06. The van der Waals surface area contributed by atoms with Crippen molar-refractivity contribution in [3.05, 3.63) is 23.5 Å². The van der Waals surface area contributed by atoms with E-state index in [1.807, 2.05) is 0 Å². The van der Waals surface area contributed by atoms with Crippen molar-refractivity contribution < 1.29 is 13.2 Å². The first-order valence-corrected chi connectivity index (χ1v) is 4.49. The molecule has 2 rings (SSSR count). The normalized spacial score (nSPS) is 19.7. The molecule has 0 aromatic carbocycles. The number of rotatable bonds is 2. The molecule has 0 unspecified atom stereocenters.